The summed E-state index contributed by atoms with van der Waals surface area (Å²) in [6.07, 6.45) is 6.05. The van der Waals surface area contributed by atoms with Gasteiger partial charge in [-0.3, -0.25) is 14.5 Å². The molecule has 2 aliphatic heterocycles. The summed E-state index contributed by atoms with van der Waals surface area (Å²) in [5.41, 5.74) is 1.72. The van der Waals surface area contributed by atoms with Gasteiger partial charge in [-0.15, -0.1) is 0 Å². The lowest BCUT2D eigenvalue weighted by Gasteiger charge is -2.37. The number of amides is 2. The smallest absolute Gasteiger partial charge is 0.278 e. The quantitative estimate of drug-likeness (QED) is 0.675. The van der Waals surface area contributed by atoms with Crippen LogP contribution < -0.4 is 9.64 Å². The van der Waals surface area contributed by atoms with Gasteiger partial charge in [0.2, 0.25) is 0 Å². The Bertz CT molecular complexity index is 1040. The Kier molecular flexibility index (Phi) is 4.42. The summed E-state index contributed by atoms with van der Waals surface area (Å²) in [6.45, 7) is 1.68. The number of hydrogen-bond acceptors (Lipinski definition) is 4. The number of nitrogens with zero attached hydrogens (tertiary/aromatic N) is 4. The van der Waals surface area contributed by atoms with E-state index in [0.717, 1.165) is 32.4 Å². The first kappa shape index (κ1) is 17.7. The maximum atomic E-state index is 13.3. The van der Waals surface area contributed by atoms with Crippen LogP contribution in [0.1, 0.15) is 29.8 Å². The van der Waals surface area contributed by atoms with Crippen LogP contribution in [-0.2, 0) is 4.79 Å². The summed E-state index contributed by atoms with van der Waals surface area (Å²) in [7, 11) is 0. The number of fused-ring (bicyclic) bond motifs is 2. The third-order valence-corrected chi connectivity index (χ3v) is 5.55. The molecule has 1 aromatic carbocycles. The van der Waals surface area contributed by atoms with Crippen LogP contribution >= 0.6 is 0 Å². The third kappa shape index (κ3) is 3.22. The van der Waals surface area contributed by atoms with Gasteiger partial charge in [-0.2, -0.15) is 0 Å². The second kappa shape index (κ2) is 7.24. The summed E-state index contributed by atoms with van der Waals surface area (Å²) >= 11 is 0. The first-order valence-electron chi connectivity index (χ1n) is 10.0. The van der Waals surface area contributed by atoms with E-state index in [2.05, 4.69) is 4.98 Å². The minimum Gasteiger partial charge on any atom is -0.476 e. The Morgan fingerprint density at radius 2 is 1.79 bits per heavy atom. The lowest BCUT2D eigenvalue weighted by atomic mass is 10.1. The highest BCUT2D eigenvalue weighted by Gasteiger charge is 2.37. The molecular formula is C22H22N4O3. The van der Waals surface area contributed by atoms with Crippen LogP contribution in [0.25, 0.3) is 5.65 Å². The van der Waals surface area contributed by atoms with E-state index in [0.29, 0.717) is 22.8 Å². The number of likely N-dealkylation sites (tertiary alicyclic amines) is 1. The number of aromatic nitrogens is 2. The molecule has 1 atom stereocenters. The van der Waals surface area contributed by atoms with Crippen molar-refractivity contribution in [2.24, 2.45) is 0 Å². The average molecular weight is 390 g/mol. The molecule has 7 nitrogen and oxygen atoms in total. The van der Waals surface area contributed by atoms with Gasteiger partial charge in [-0.1, -0.05) is 18.2 Å². The van der Waals surface area contributed by atoms with Gasteiger partial charge in [-0.05, 0) is 43.5 Å². The molecule has 0 saturated carbocycles. The second-order valence-corrected chi connectivity index (χ2v) is 7.47. The van der Waals surface area contributed by atoms with Gasteiger partial charge in [0.1, 0.15) is 17.1 Å². The third-order valence-electron chi connectivity index (χ3n) is 5.55. The number of carbonyl (C=O) groups excluding carboxylic acids is 2. The molecule has 3 aromatic rings. The van der Waals surface area contributed by atoms with Gasteiger partial charge in [0.25, 0.3) is 11.8 Å². The molecule has 1 unspecified atom stereocenters. The summed E-state index contributed by atoms with van der Waals surface area (Å²) < 4.78 is 7.83. The average Bonchev–Trinajstić information content (AvgIpc) is 3.22. The van der Waals surface area contributed by atoms with Gasteiger partial charge in [-0.25, -0.2) is 4.98 Å². The first-order chi connectivity index (χ1) is 14.2. The molecule has 5 rings (SSSR count). The van der Waals surface area contributed by atoms with Gasteiger partial charge in [0, 0.05) is 25.5 Å². The standard InChI is InChI=1S/C22H22N4O3/c27-21(16-14-25-13-7-4-10-20(25)23-16)26-15-19(22(28)24-11-5-1-6-12-24)29-18-9-3-2-8-17(18)26/h2-4,7-10,13-14,19H,1,5-6,11-12,15H2. The molecule has 7 heteroatoms. The van der Waals surface area contributed by atoms with E-state index >= 15 is 0 Å². The van der Waals surface area contributed by atoms with E-state index in [-0.39, 0.29) is 18.4 Å². The molecule has 0 bridgehead atoms. The van der Waals surface area contributed by atoms with Crippen LogP contribution in [-0.4, -0.2) is 51.8 Å². The highest BCUT2D eigenvalue weighted by molar-refractivity contribution is 6.07. The summed E-state index contributed by atoms with van der Waals surface area (Å²) in [4.78, 5) is 34.3. The maximum absolute atomic E-state index is 13.3. The minimum absolute atomic E-state index is 0.0491. The molecule has 4 heterocycles. The summed E-state index contributed by atoms with van der Waals surface area (Å²) in [6, 6.07) is 13.0. The van der Waals surface area contributed by atoms with Crippen molar-refractivity contribution in [2.75, 3.05) is 24.5 Å². The van der Waals surface area contributed by atoms with Crippen LogP contribution in [0.15, 0.2) is 54.9 Å². The molecule has 2 aliphatic rings. The number of rotatable bonds is 2. The fourth-order valence-corrected chi connectivity index (χ4v) is 4.05. The molecule has 0 radical (unpaired) electrons. The van der Waals surface area contributed by atoms with E-state index in [9.17, 15) is 9.59 Å². The Balaban J connectivity index is 1.47. The number of anilines is 1. The predicted molar refractivity (Wildman–Crippen MR) is 108 cm³/mol. The molecule has 1 saturated heterocycles. The van der Waals surface area contributed by atoms with Gasteiger partial charge in [0.15, 0.2) is 6.10 Å². The van der Waals surface area contributed by atoms with Gasteiger partial charge >= 0.3 is 0 Å². The Morgan fingerprint density at radius 3 is 2.62 bits per heavy atom. The van der Waals surface area contributed by atoms with Gasteiger partial charge < -0.3 is 14.0 Å². The second-order valence-electron chi connectivity index (χ2n) is 7.47. The summed E-state index contributed by atoms with van der Waals surface area (Å²) in [5.74, 6) is 0.263. The Hall–Kier alpha value is -3.35. The monoisotopic (exact) mass is 390 g/mol. The van der Waals surface area contributed by atoms with E-state index in [1.54, 1.807) is 17.2 Å². The number of piperidine rings is 1. The fourth-order valence-electron chi connectivity index (χ4n) is 4.05. The Labute approximate surface area is 168 Å². The normalized spacial score (nSPS) is 19.0. The largest absolute Gasteiger partial charge is 0.476 e. The van der Waals surface area contributed by atoms with Crippen molar-refractivity contribution in [3.63, 3.8) is 0 Å². The zero-order valence-electron chi connectivity index (χ0n) is 16.0. The predicted octanol–water partition coefficient (Wildman–Crippen LogP) is 2.75. The SMILES string of the molecule is O=C(C1CN(C(=O)c2cn3ccccc3n2)c2ccccc2O1)N1CCCCC1. The number of carbonyl (C=O) groups is 2. The van der Waals surface area contributed by atoms with Crippen LogP contribution in [0.5, 0.6) is 5.75 Å². The van der Waals surface area contributed by atoms with Crippen LogP contribution in [0.2, 0.25) is 0 Å². The van der Waals surface area contributed by atoms with Crippen molar-refractivity contribution in [1.29, 1.82) is 0 Å². The van der Waals surface area contributed by atoms with Crippen molar-refractivity contribution in [1.82, 2.24) is 14.3 Å². The van der Waals surface area contributed by atoms with Crippen molar-refractivity contribution >= 4 is 23.1 Å². The number of pyridine rings is 1. The molecule has 2 aromatic heterocycles. The number of benzene rings is 1. The molecule has 0 N–H and O–H groups in total. The van der Waals surface area contributed by atoms with Crippen LogP contribution in [0, 0.1) is 0 Å². The molecule has 0 aliphatic carbocycles. The van der Waals surface area contributed by atoms with Crippen LogP contribution in [0.4, 0.5) is 5.69 Å². The zero-order chi connectivity index (χ0) is 19.8. The number of imidazole rings is 1. The maximum Gasteiger partial charge on any atom is 0.278 e. The highest BCUT2D eigenvalue weighted by Crippen LogP contribution is 2.34. The molecule has 0 spiro atoms. The number of hydrogen-bond donors (Lipinski definition) is 0. The van der Waals surface area contributed by atoms with Gasteiger partial charge in [0.05, 0.1) is 12.2 Å². The number of ether oxygens (including phenoxy) is 1. The van der Waals surface area contributed by atoms with Crippen molar-refractivity contribution in [3.8, 4) is 5.75 Å². The van der Waals surface area contributed by atoms with Crippen molar-refractivity contribution in [3.05, 3.63) is 60.6 Å². The Morgan fingerprint density at radius 1 is 1.00 bits per heavy atom. The first-order valence-corrected chi connectivity index (χ1v) is 10.0. The highest BCUT2D eigenvalue weighted by atomic mass is 16.5. The summed E-state index contributed by atoms with van der Waals surface area (Å²) in [5, 5.41) is 0. The molecule has 2 amide bonds. The van der Waals surface area contributed by atoms with Crippen molar-refractivity contribution in [2.45, 2.75) is 25.4 Å². The van der Waals surface area contributed by atoms with E-state index < -0.39 is 6.10 Å². The fraction of sp³-hybridized carbons (Fsp3) is 0.318. The van der Waals surface area contributed by atoms with E-state index in [1.165, 1.54) is 0 Å². The van der Waals surface area contributed by atoms with Crippen LogP contribution in [0.3, 0.4) is 0 Å². The topological polar surface area (TPSA) is 67.2 Å². The van der Waals surface area contributed by atoms with Crippen molar-refractivity contribution < 1.29 is 14.3 Å². The molecule has 1 fully saturated rings. The lowest BCUT2D eigenvalue weighted by molar-refractivity contribution is -0.139. The zero-order valence-corrected chi connectivity index (χ0v) is 16.0. The number of para-hydroxylation sites is 2. The minimum atomic E-state index is -0.705. The molecular weight excluding hydrogens is 368 g/mol. The van der Waals surface area contributed by atoms with E-state index in [1.807, 2.05) is 51.9 Å². The van der Waals surface area contributed by atoms with E-state index in [4.69, 9.17) is 4.74 Å². The lowest BCUT2D eigenvalue weighted by Crippen LogP contribution is -2.52. The molecule has 148 valence electrons. The molecule has 29 heavy (non-hydrogen) atoms.